The summed E-state index contributed by atoms with van der Waals surface area (Å²) in [5.41, 5.74) is 2.30. The van der Waals surface area contributed by atoms with Crippen LogP contribution in [-0.2, 0) is 0 Å². The van der Waals surface area contributed by atoms with Crippen LogP contribution in [0.1, 0.15) is 33.2 Å². The average Bonchev–Trinajstić information content (AvgIpc) is 2.76. The number of fused-ring (bicyclic) bond motifs is 1. The van der Waals surface area contributed by atoms with Crippen molar-refractivity contribution >= 4 is 28.3 Å². The fourth-order valence-corrected chi connectivity index (χ4v) is 3.44. The number of hydrogen-bond donors (Lipinski definition) is 1. The lowest BCUT2D eigenvalue weighted by Crippen LogP contribution is -2.16. The third kappa shape index (κ3) is 3.42. The molecule has 0 unspecified atom stereocenters. The van der Waals surface area contributed by atoms with Crippen LogP contribution in [-0.4, -0.2) is 11.7 Å². The molecule has 1 amide bonds. The Balaban J connectivity index is 1.86. The Hall–Kier alpha value is -3.99. The molecule has 0 atom stereocenters. The first-order chi connectivity index (χ1) is 14.5. The average molecular weight is 397 g/mol. The first kappa shape index (κ1) is 19.3. The predicted octanol–water partition coefficient (Wildman–Crippen LogP) is 5.22. The number of benzene rings is 3. The minimum Gasteiger partial charge on any atom is -0.455 e. The lowest BCUT2D eigenvalue weighted by Gasteiger charge is -2.12. The summed E-state index contributed by atoms with van der Waals surface area (Å²) in [4.78, 5) is 37.9. The van der Waals surface area contributed by atoms with Crippen molar-refractivity contribution < 1.29 is 14.0 Å². The predicted molar refractivity (Wildman–Crippen MR) is 117 cm³/mol. The van der Waals surface area contributed by atoms with E-state index in [-0.39, 0.29) is 22.4 Å². The molecule has 4 rings (SSSR count). The Morgan fingerprint density at radius 3 is 2.23 bits per heavy atom. The van der Waals surface area contributed by atoms with Gasteiger partial charge < -0.3 is 9.73 Å². The molecule has 1 N–H and O–H groups in total. The van der Waals surface area contributed by atoms with E-state index >= 15 is 0 Å². The smallest absolute Gasteiger partial charge is 0.259 e. The lowest BCUT2D eigenvalue weighted by molar-refractivity contribution is 0.101. The standard InChI is InChI=1S/C25H19NO4/c1-15-22(28)19-12-8-13-20(24(19)30-23(15)17-9-4-3-5-10-17)25(29)26-21-14-7-6-11-18(21)16(2)27/h3-14H,1-2H3,(H,26,29). The first-order valence-corrected chi connectivity index (χ1v) is 9.50. The van der Waals surface area contributed by atoms with Crippen molar-refractivity contribution in [3.8, 4) is 11.3 Å². The van der Waals surface area contributed by atoms with Gasteiger partial charge in [0.2, 0.25) is 0 Å². The van der Waals surface area contributed by atoms with Crippen molar-refractivity contribution in [1.82, 2.24) is 0 Å². The summed E-state index contributed by atoms with van der Waals surface area (Å²) in [5, 5.41) is 3.10. The van der Waals surface area contributed by atoms with E-state index in [0.29, 0.717) is 28.0 Å². The Bertz CT molecular complexity index is 1340. The van der Waals surface area contributed by atoms with Gasteiger partial charge in [-0.05, 0) is 38.1 Å². The van der Waals surface area contributed by atoms with Crippen molar-refractivity contribution in [3.63, 3.8) is 0 Å². The summed E-state index contributed by atoms with van der Waals surface area (Å²) in [6.07, 6.45) is 0. The van der Waals surface area contributed by atoms with Gasteiger partial charge in [-0.25, -0.2) is 0 Å². The van der Waals surface area contributed by atoms with E-state index in [9.17, 15) is 14.4 Å². The molecule has 4 aromatic rings. The summed E-state index contributed by atoms with van der Waals surface area (Å²) >= 11 is 0. The number of amides is 1. The zero-order valence-corrected chi connectivity index (χ0v) is 16.6. The van der Waals surface area contributed by atoms with Gasteiger partial charge in [0.05, 0.1) is 16.6 Å². The molecule has 0 radical (unpaired) electrons. The highest BCUT2D eigenvalue weighted by Crippen LogP contribution is 2.28. The molecule has 0 spiro atoms. The molecule has 0 saturated carbocycles. The second-order valence-electron chi connectivity index (χ2n) is 6.99. The van der Waals surface area contributed by atoms with Gasteiger partial charge in [-0.15, -0.1) is 0 Å². The Morgan fingerprint density at radius 2 is 1.50 bits per heavy atom. The van der Waals surface area contributed by atoms with E-state index in [1.165, 1.54) is 6.92 Å². The second-order valence-corrected chi connectivity index (χ2v) is 6.99. The SMILES string of the molecule is CC(=O)c1ccccc1NC(=O)c1cccc2c(=O)c(C)c(-c3ccccc3)oc12. The quantitative estimate of drug-likeness (QED) is 0.479. The van der Waals surface area contributed by atoms with E-state index in [4.69, 9.17) is 4.42 Å². The lowest BCUT2D eigenvalue weighted by atomic mass is 10.0. The number of nitrogens with one attached hydrogen (secondary N) is 1. The van der Waals surface area contributed by atoms with E-state index < -0.39 is 5.91 Å². The third-order valence-corrected chi connectivity index (χ3v) is 4.98. The molecule has 3 aromatic carbocycles. The molecule has 0 aliphatic heterocycles. The summed E-state index contributed by atoms with van der Waals surface area (Å²) in [7, 11) is 0. The number of para-hydroxylation sites is 2. The molecular formula is C25H19NO4. The van der Waals surface area contributed by atoms with Gasteiger partial charge in [-0.2, -0.15) is 0 Å². The van der Waals surface area contributed by atoms with Crippen LogP contribution < -0.4 is 10.7 Å². The Morgan fingerprint density at radius 1 is 0.833 bits per heavy atom. The fourth-order valence-electron chi connectivity index (χ4n) is 3.44. The van der Waals surface area contributed by atoms with Crippen LogP contribution in [0.15, 0.2) is 82.0 Å². The highest BCUT2D eigenvalue weighted by Gasteiger charge is 2.19. The van der Waals surface area contributed by atoms with E-state index in [1.54, 1.807) is 49.4 Å². The Labute approximate surface area is 173 Å². The minimum atomic E-state index is -0.458. The zero-order valence-electron chi connectivity index (χ0n) is 16.6. The molecule has 1 aromatic heterocycles. The van der Waals surface area contributed by atoms with Gasteiger partial charge in [0, 0.05) is 16.7 Å². The molecular weight excluding hydrogens is 378 g/mol. The van der Waals surface area contributed by atoms with Gasteiger partial charge >= 0.3 is 0 Å². The zero-order chi connectivity index (χ0) is 21.3. The highest BCUT2D eigenvalue weighted by molar-refractivity contribution is 6.13. The normalized spacial score (nSPS) is 10.7. The Kier molecular flexibility index (Phi) is 5.02. The highest BCUT2D eigenvalue weighted by atomic mass is 16.3. The van der Waals surface area contributed by atoms with Crippen molar-refractivity contribution in [1.29, 1.82) is 0 Å². The van der Waals surface area contributed by atoms with Crippen molar-refractivity contribution in [3.05, 3.63) is 99.7 Å². The van der Waals surface area contributed by atoms with Crippen molar-refractivity contribution in [2.45, 2.75) is 13.8 Å². The molecule has 30 heavy (non-hydrogen) atoms. The third-order valence-electron chi connectivity index (χ3n) is 4.98. The molecule has 0 fully saturated rings. The fraction of sp³-hybridized carbons (Fsp3) is 0.0800. The van der Waals surface area contributed by atoms with Gasteiger partial charge in [0.15, 0.2) is 16.8 Å². The maximum atomic E-state index is 13.1. The summed E-state index contributed by atoms with van der Waals surface area (Å²) < 4.78 is 6.10. The number of carbonyl (C=O) groups is 2. The molecule has 0 aliphatic carbocycles. The summed E-state index contributed by atoms with van der Waals surface area (Å²) in [6.45, 7) is 3.15. The molecule has 5 heteroatoms. The second kappa shape index (κ2) is 7.79. The van der Waals surface area contributed by atoms with Crippen molar-refractivity contribution in [2.75, 3.05) is 5.32 Å². The minimum absolute atomic E-state index is 0.155. The van der Waals surface area contributed by atoms with Crippen molar-refractivity contribution in [2.24, 2.45) is 0 Å². The number of ketones is 1. The van der Waals surface area contributed by atoms with Gasteiger partial charge in [-0.3, -0.25) is 14.4 Å². The van der Waals surface area contributed by atoms with E-state index in [0.717, 1.165) is 5.56 Å². The van der Waals surface area contributed by atoms with Crippen LogP contribution in [0, 0.1) is 6.92 Å². The molecule has 1 heterocycles. The van der Waals surface area contributed by atoms with E-state index in [1.807, 2.05) is 30.3 Å². The first-order valence-electron chi connectivity index (χ1n) is 9.50. The van der Waals surface area contributed by atoms with Crippen LogP contribution >= 0.6 is 0 Å². The van der Waals surface area contributed by atoms with Crippen LogP contribution in [0.2, 0.25) is 0 Å². The number of carbonyl (C=O) groups excluding carboxylic acids is 2. The van der Waals surface area contributed by atoms with Crippen LogP contribution in [0.25, 0.3) is 22.3 Å². The maximum absolute atomic E-state index is 13.1. The monoisotopic (exact) mass is 397 g/mol. The number of rotatable bonds is 4. The molecule has 148 valence electrons. The van der Waals surface area contributed by atoms with Crippen LogP contribution in [0.5, 0.6) is 0 Å². The van der Waals surface area contributed by atoms with Gasteiger partial charge in [0.1, 0.15) is 5.76 Å². The van der Waals surface area contributed by atoms with Gasteiger partial charge in [0.25, 0.3) is 5.91 Å². The summed E-state index contributed by atoms with van der Waals surface area (Å²) in [6, 6.07) is 21.0. The number of hydrogen-bond acceptors (Lipinski definition) is 4. The van der Waals surface area contributed by atoms with Crippen LogP contribution in [0.4, 0.5) is 5.69 Å². The van der Waals surface area contributed by atoms with E-state index in [2.05, 4.69) is 5.32 Å². The molecule has 0 saturated heterocycles. The largest absolute Gasteiger partial charge is 0.455 e. The molecule has 5 nitrogen and oxygen atoms in total. The van der Waals surface area contributed by atoms with Gasteiger partial charge in [-0.1, -0.05) is 48.5 Å². The topological polar surface area (TPSA) is 76.4 Å². The number of anilines is 1. The molecule has 0 bridgehead atoms. The molecule has 0 aliphatic rings. The number of Topliss-reactive ketones (excluding diaryl/α,β-unsaturated/α-hetero) is 1. The van der Waals surface area contributed by atoms with Crippen LogP contribution in [0.3, 0.4) is 0 Å². The summed E-state index contributed by atoms with van der Waals surface area (Å²) in [5.74, 6) is -0.185. The maximum Gasteiger partial charge on any atom is 0.259 e.